The Labute approximate surface area is 483 Å². The molecule has 6 heterocycles. The fourth-order valence-corrected chi connectivity index (χ4v) is 8.23. The zero-order chi connectivity index (χ0) is 61.6. The molecule has 0 unspecified atom stereocenters. The first-order valence-corrected chi connectivity index (χ1v) is 26.5. The molecule has 0 spiro atoms. The number of anilines is 5. The second-order valence-corrected chi connectivity index (χ2v) is 20.8. The van der Waals surface area contributed by atoms with Crippen molar-refractivity contribution in [1.82, 2.24) is 73.8 Å². The van der Waals surface area contributed by atoms with Crippen LogP contribution in [0.2, 0.25) is 0 Å². The number of imidazole rings is 3. The van der Waals surface area contributed by atoms with Crippen molar-refractivity contribution < 1.29 is 52.7 Å². The maximum Gasteiger partial charge on any atom is 0.408 e. The highest BCUT2D eigenvalue weighted by molar-refractivity contribution is 6.05. The summed E-state index contributed by atoms with van der Waals surface area (Å²) >= 11 is 0. The molecule has 6 aromatic heterocycles. The summed E-state index contributed by atoms with van der Waals surface area (Å²) in [6.07, 6.45) is 10.0. The molecule has 84 heavy (non-hydrogen) atoms. The second kappa shape index (κ2) is 28.1. The van der Waals surface area contributed by atoms with Gasteiger partial charge in [0.25, 0.3) is 35.4 Å². The van der Waals surface area contributed by atoms with E-state index >= 15 is 0 Å². The molecule has 31 nitrogen and oxygen atoms in total. The van der Waals surface area contributed by atoms with Gasteiger partial charge in [-0.2, -0.15) is 0 Å². The van der Waals surface area contributed by atoms with Gasteiger partial charge in [0.05, 0.1) is 17.1 Å². The molecule has 0 fully saturated rings. The van der Waals surface area contributed by atoms with Crippen LogP contribution in [0.5, 0.6) is 0 Å². The molecule has 10 N–H and O–H groups in total. The molecule has 10 amide bonds. The van der Waals surface area contributed by atoms with Gasteiger partial charge in [-0.05, 0) is 72.5 Å². The third-order valence-corrected chi connectivity index (χ3v) is 12.3. The van der Waals surface area contributed by atoms with Gasteiger partial charge in [-0.15, -0.1) is 0 Å². The van der Waals surface area contributed by atoms with E-state index in [4.69, 9.17) is 4.74 Å². The van der Waals surface area contributed by atoms with Crippen LogP contribution in [0, 0.1) is 0 Å². The van der Waals surface area contributed by atoms with E-state index < -0.39 is 65.0 Å². The van der Waals surface area contributed by atoms with E-state index in [0.717, 1.165) is 13.0 Å². The summed E-state index contributed by atoms with van der Waals surface area (Å²) in [5.41, 5.74) is 0.799. The van der Waals surface area contributed by atoms with Gasteiger partial charge in [-0.3, -0.25) is 43.2 Å². The van der Waals surface area contributed by atoms with E-state index in [2.05, 4.69) is 68.1 Å². The van der Waals surface area contributed by atoms with Gasteiger partial charge in [-0.25, -0.2) is 19.7 Å². The lowest BCUT2D eigenvalue weighted by Gasteiger charge is -2.23. The first kappa shape index (κ1) is 63.1. The van der Waals surface area contributed by atoms with Crippen molar-refractivity contribution >= 4 is 88.0 Å². The number of carbonyl (C=O) groups excluding carboxylic acids is 10. The lowest BCUT2D eigenvalue weighted by molar-refractivity contribution is -0.118. The largest absolute Gasteiger partial charge is 0.444 e. The van der Waals surface area contributed by atoms with Crippen molar-refractivity contribution in [2.75, 3.05) is 73.4 Å². The fraction of sp³-hybridized carbons (Fsp3) is 0.415. The van der Waals surface area contributed by atoms with Crippen LogP contribution in [-0.4, -0.2) is 165 Å². The van der Waals surface area contributed by atoms with E-state index in [9.17, 15) is 47.9 Å². The molecule has 0 saturated heterocycles. The van der Waals surface area contributed by atoms with Crippen molar-refractivity contribution in [2.45, 2.75) is 58.1 Å². The smallest absolute Gasteiger partial charge is 0.408 e. The van der Waals surface area contributed by atoms with Gasteiger partial charge < -0.3 is 90.2 Å². The number of alkyl carbamates (subject to hydrolysis) is 1. The SMILES string of the molecule is CN(C)CCCNC(=O)c1cc(NC(=O)CCNC(=O)c2nc(NC(=O)[C@@H](CCNC(=O)c3cc(NC(=O)c4nc(NC(=O)CCNC(=O)c5cc(NC(=O)c6nccn6C)cn5C)cn4C)cn3C)NC(=O)OC(C)(C)C)cn2C)cn1C. The van der Waals surface area contributed by atoms with Gasteiger partial charge >= 0.3 is 6.09 Å². The molecule has 0 aliphatic rings. The molecule has 0 aliphatic heterocycles. The van der Waals surface area contributed by atoms with Crippen LogP contribution < -0.4 is 53.2 Å². The van der Waals surface area contributed by atoms with Gasteiger partial charge in [0.2, 0.25) is 29.4 Å². The Balaban J connectivity index is 0.957. The van der Waals surface area contributed by atoms with E-state index in [0.29, 0.717) is 23.6 Å². The van der Waals surface area contributed by atoms with E-state index in [1.807, 2.05) is 19.0 Å². The average molecular weight is 1170 g/mol. The molecule has 0 radical (unpaired) electrons. The minimum Gasteiger partial charge on any atom is -0.444 e. The number of ether oxygens (including phenoxy) is 1. The van der Waals surface area contributed by atoms with Crippen LogP contribution in [0.3, 0.4) is 0 Å². The van der Waals surface area contributed by atoms with Crippen LogP contribution >= 0.6 is 0 Å². The summed E-state index contributed by atoms with van der Waals surface area (Å²) in [7, 11) is 13.5. The normalized spacial score (nSPS) is 11.5. The summed E-state index contributed by atoms with van der Waals surface area (Å²) in [4.78, 5) is 145. The lowest BCUT2D eigenvalue weighted by Crippen LogP contribution is -2.47. The van der Waals surface area contributed by atoms with E-state index in [1.165, 1.54) is 62.2 Å². The van der Waals surface area contributed by atoms with E-state index in [1.54, 1.807) is 89.8 Å². The van der Waals surface area contributed by atoms with Crippen molar-refractivity contribution in [2.24, 2.45) is 42.3 Å². The Hall–Kier alpha value is -10.1. The quantitative estimate of drug-likeness (QED) is 0.0342. The number of carbonyl (C=O) groups is 10. The average Bonchev–Trinajstić information content (AvgIpc) is 4.46. The Morgan fingerprint density at radius 1 is 0.524 bits per heavy atom. The standard InChI is InChI=1S/C53H72N20O11/c1-53(2,3)84-52(83)62-34(45(76)66-39-30-72(10)43(65-39)49(80)58-19-14-40(74)59-31-23-35(69(7)26-31)46(77)55-16-12-21-67(4)5)13-17-56-47(78)36-25-33(28-71(36)9)61-51(82)44-64-38(29-73(44)11)63-41(75)15-18-57-48(79)37-24-32(27-70(37)8)60-50(81)42-54-20-22-68(42)6/h20,22-30,34H,12-19,21H2,1-11H3,(H,55,77)(H,56,78)(H,57,79)(H,58,80)(H,59,74)(H,60,81)(H,61,82)(H,62,83)(H,63,75)(H,66,76)/t34-/m1/s1. The Bertz CT molecular complexity index is 3420. The predicted molar refractivity (Wildman–Crippen MR) is 307 cm³/mol. The lowest BCUT2D eigenvalue weighted by atomic mass is 10.2. The zero-order valence-corrected chi connectivity index (χ0v) is 48.7. The van der Waals surface area contributed by atoms with Crippen LogP contribution in [0.15, 0.2) is 61.6 Å². The predicted octanol–water partition coefficient (Wildman–Crippen LogP) is 1.26. The molecular weight excluding hydrogens is 1090 g/mol. The highest BCUT2D eigenvalue weighted by atomic mass is 16.6. The number of rotatable bonds is 26. The molecule has 0 aromatic carbocycles. The van der Waals surface area contributed by atoms with Crippen LogP contribution in [0.25, 0.3) is 0 Å². The minimum absolute atomic E-state index is 0.0399. The van der Waals surface area contributed by atoms with Crippen molar-refractivity contribution in [3.63, 3.8) is 0 Å². The number of hydrogen-bond acceptors (Lipinski definition) is 15. The number of nitrogens with one attached hydrogen (secondary N) is 10. The summed E-state index contributed by atoms with van der Waals surface area (Å²) < 4.78 is 14.3. The molecule has 31 heteroatoms. The van der Waals surface area contributed by atoms with Crippen molar-refractivity contribution in [3.8, 4) is 0 Å². The second-order valence-electron chi connectivity index (χ2n) is 20.8. The number of amides is 10. The topological polar surface area (TPSA) is 372 Å². The highest BCUT2D eigenvalue weighted by Gasteiger charge is 2.27. The highest BCUT2D eigenvalue weighted by Crippen LogP contribution is 2.18. The molecule has 6 rings (SSSR count). The fourth-order valence-electron chi connectivity index (χ4n) is 8.23. The zero-order valence-electron chi connectivity index (χ0n) is 48.7. The first-order chi connectivity index (χ1) is 39.6. The van der Waals surface area contributed by atoms with Crippen LogP contribution in [0.1, 0.15) is 110 Å². The monoisotopic (exact) mass is 1160 g/mol. The maximum atomic E-state index is 13.7. The Morgan fingerprint density at radius 2 is 0.976 bits per heavy atom. The number of hydrogen-bond donors (Lipinski definition) is 10. The molecular formula is C53H72N20O11. The van der Waals surface area contributed by atoms with Crippen LogP contribution in [-0.2, 0) is 61.4 Å². The third kappa shape index (κ3) is 18.0. The maximum absolute atomic E-state index is 13.7. The summed E-state index contributed by atoms with van der Waals surface area (Å²) in [5.74, 6) is -4.77. The van der Waals surface area contributed by atoms with Crippen LogP contribution in [0.4, 0.5) is 33.5 Å². The van der Waals surface area contributed by atoms with Crippen molar-refractivity contribution in [1.29, 1.82) is 0 Å². The Kier molecular flexibility index (Phi) is 21.1. The molecule has 0 saturated carbocycles. The minimum atomic E-state index is -1.28. The van der Waals surface area contributed by atoms with Crippen molar-refractivity contribution in [3.05, 3.63) is 96.1 Å². The first-order valence-electron chi connectivity index (χ1n) is 26.5. The molecule has 0 aliphatic carbocycles. The summed E-state index contributed by atoms with van der Waals surface area (Å²) in [6.45, 7) is 5.98. The summed E-state index contributed by atoms with van der Waals surface area (Å²) in [6, 6.07) is 3.17. The summed E-state index contributed by atoms with van der Waals surface area (Å²) in [5, 5.41) is 26.7. The van der Waals surface area contributed by atoms with E-state index in [-0.39, 0.29) is 91.0 Å². The number of aryl methyl sites for hydroxylation is 6. The molecule has 1 atom stereocenters. The van der Waals surface area contributed by atoms with Gasteiger partial charge in [0.1, 0.15) is 28.7 Å². The van der Waals surface area contributed by atoms with Gasteiger partial charge in [0, 0.05) is 125 Å². The number of aromatic nitrogens is 9. The third-order valence-electron chi connectivity index (χ3n) is 12.3. The number of nitrogens with zero attached hydrogens (tertiary/aromatic N) is 10. The molecule has 450 valence electrons. The van der Waals surface area contributed by atoms with Gasteiger partial charge in [0.15, 0.2) is 17.5 Å². The van der Waals surface area contributed by atoms with Gasteiger partial charge in [-0.1, -0.05) is 0 Å². The Morgan fingerprint density at radius 3 is 1.48 bits per heavy atom. The molecule has 0 bridgehead atoms. The molecule has 6 aromatic rings.